The molecule has 0 radical (unpaired) electrons. The fourth-order valence-electron chi connectivity index (χ4n) is 1.07. The first-order valence-corrected chi connectivity index (χ1v) is 5.55. The molecule has 0 fully saturated rings. The van der Waals surface area contributed by atoms with E-state index in [9.17, 15) is 9.18 Å². The summed E-state index contributed by atoms with van der Waals surface area (Å²) in [5, 5.41) is 2.54. The Balaban J connectivity index is 3.13. The Labute approximate surface area is 101 Å². The minimum absolute atomic E-state index is 0.0530. The van der Waals surface area contributed by atoms with Crippen molar-refractivity contribution in [2.75, 3.05) is 0 Å². The summed E-state index contributed by atoms with van der Waals surface area (Å²) in [5.74, 6) is -1.18. The van der Waals surface area contributed by atoms with Crippen molar-refractivity contribution < 1.29 is 9.18 Å². The molecule has 0 aromatic heterocycles. The van der Waals surface area contributed by atoms with Crippen molar-refractivity contribution in [1.82, 2.24) is 5.32 Å². The zero-order chi connectivity index (χ0) is 11.6. The second kappa shape index (κ2) is 4.94. The first-order chi connectivity index (χ1) is 6.93. The van der Waals surface area contributed by atoms with Gasteiger partial charge >= 0.3 is 0 Å². The maximum atomic E-state index is 13.5. The van der Waals surface area contributed by atoms with Gasteiger partial charge in [0.05, 0.1) is 10.6 Å². The molecule has 15 heavy (non-hydrogen) atoms. The molecule has 0 aliphatic heterocycles. The molecule has 0 aliphatic rings. The lowest BCUT2D eigenvalue weighted by atomic mass is 10.2. The third-order valence-corrected chi connectivity index (χ3v) is 2.64. The van der Waals surface area contributed by atoms with E-state index in [-0.39, 0.29) is 16.6 Å². The molecule has 0 atom stereocenters. The van der Waals surface area contributed by atoms with E-state index in [1.807, 2.05) is 0 Å². The van der Waals surface area contributed by atoms with Crippen LogP contribution in [0.2, 0.25) is 5.02 Å². The molecule has 5 heteroatoms. The van der Waals surface area contributed by atoms with Gasteiger partial charge in [0.25, 0.3) is 5.91 Å². The normalized spacial score (nSPS) is 10.5. The smallest absolute Gasteiger partial charge is 0.255 e. The van der Waals surface area contributed by atoms with Gasteiger partial charge in [-0.3, -0.25) is 4.79 Å². The number of rotatable bonds is 2. The lowest BCUT2D eigenvalue weighted by molar-refractivity contribution is 0.0938. The average molecular weight is 295 g/mol. The minimum atomic E-state index is -0.704. The van der Waals surface area contributed by atoms with Crippen LogP contribution in [0.4, 0.5) is 4.39 Å². The zero-order valence-corrected chi connectivity index (χ0v) is 10.6. The Bertz CT molecular complexity index is 395. The average Bonchev–Trinajstić information content (AvgIpc) is 2.11. The second-order valence-electron chi connectivity index (χ2n) is 3.35. The standard InChI is InChI=1S/C10H10BrClFNO/c1-5(2)14-10(15)8-6(11)3-4-7(12)9(8)13/h3-5H,1-2H3,(H,14,15). The zero-order valence-electron chi connectivity index (χ0n) is 8.27. The van der Waals surface area contributed by atoms with Gasteiger partial charge in [-0.05, 0) is 41.9 Å². The Kier molecular flexibility index (Phi) is 4.11. The lowest BCUT2D eigenvalue weighted by Crippen LogP contribution is -2.31. The highest BCUT2D eigenvalue weighted by Crippen LogP contribution is 2.25. The first kappa shape index (κ1) is 12.5. The molecule has 82 valence electrons. The maximum absolute atomic E-state index is 13.5. The molecular formula is C10H10BrClFNO. The van der Waals surface area contributed by atoms with E-state index in [2.05, 4.69) is 21.2 Å². The Morgan fingerprint density at radius 2 is 2.13 bits per heavy atom. The summed E-state index contributed by atoms with van der Waals surface area (Å²) in [6.45, 7) is 3.60. The van der Waals surface area contributed by atoms with Crippen molar-refractivity contribution >= 4 is 33.4 Å². The number of amides is 1. The lowest BCUT2D eigenvalue weighted by Gasteiger charge is -2.10. The second-order valence-corrected chi connectivity index (χ2v) is 4.61. The molecule has 1 aromatic rings. The van der Waals surface area contributed by atoms with Crippen molar-refractivity contribution in [3.05, 3.63) is 33.0 Å². The molecule has 0 bridgehead atoms. The van der Waals surface area contributed by atoms with Crippen molar-refractivity contribution in [2.24, 2.45) is 0 Å². The van der Waals surface area contributed by atoms with E-state index in [4.69, 9.17) is 11.6 Å². The minimum Gasteiger partial charge on any atom is -0.350 e. The van der Waals surface area contributed by atoms with E-state index in [1.165, 1.54) is 6.07 Å². The van der Waals surface area contributed by atoms with Crippen LogP contribution in [0.15, 0.2) is 16.6 Å². The topological polar surface area (TPSA) is 29.1 Å². The van der Waals surface area contributed by atoms with Crippen LogP contribution in [0.5, 0.6) is 0 Å². The predicted octanol–water partition coefficient (Wildman–Crippen LogP) is 3.38. The van der Waals surface area contributed by atoms with Crippen LogP contribution in [-0.4, -0.2) is 11.9 Å². The number of benzene rings is 1. The van der Waals surface area contributed by atoms with E-state index < -0.39 is 11.7 Å². The molecule has 1 aromatic carbocycles. The van der Waals surface area contributed by atoms with Crippen LogP contribution >= 0.6 is 27.5 Å². The molecule has 0 spiro atoms. The van der Waals surface area contributed by atoms with Gasteiger partial charge in [-0.15, -0.1) is 0 Å². The number of carbonyl (C=O) groups is 1. The predicted molar refractivity (Wildman–Crippen MR) is 61.7 cm³/mol. The monoisotopic (exact) mass is 293 g/mol. The van der Waals surface area contributed by atoms with Crippen LogP contribution < -0.4 is 5.32 Å². The van der Waals surface area contributed by atoms with Crippen molar-refractivity contribution in [3.8, 4) is 0 Å². The largest absolute Gasteiger partial charge is 0.350 e. The Morgan fingerprint density at radius 3 is 2.67 bits per heavy atom. The molecule has 1 amide bonds. The van der Waals surface area contributed by atoms with Crippen molar-refractivity contribution in [2.45, 2.75) is 19.9 Å². The van der Waals surface area contributed by atoms with Gasteiger partial charge in [0.15, 0.2) is 5.82 Å². The third-order valence-electron chi connectivity index (χ3n) is 1.69. The number of hydrogen-bond donors (Lipinski definition) is 1. The van der Waals surface area contributed by atoms with Crippen LogP contribution in [0.3, 0.4) is 0 Å². The molecule has 1 N–H and O–H groups in total. The highest BCUT2D eigenvalue weighted by atomic mass is 79.9. The summed E-state index contributed by atoms with van der Waals surface area (Å²) in [4.78, 5) is 11.6. The third kappa shape index (κ3) is 2.92. The van der Waals surface area contributed by atoms with Crippen molar-refractivity contribution in [1.29, 1.82) is 0 Å². The van der Waals surface area contributed by atoms with E-state index >= 15 is 0 Å². The fourth-order valence-corrected chi connectivity index (χ4v) is 1.71. The summed E-state index contributed by atoms with van der Waals surface area (Å²) < 4.78 is 13.9. The molecule has 0 aliphatic carbocycles. The highest BCUT2D eigenvalue weighted by Gasteiger charge is 2.18. The van der Waals surface area contributed by atoms with Gasteiger partial charge in [-0.1, -0.05) is 11.6 Å². The van der Waals surface area contributed by atoms with Crippen LogP contribution in [0.1, 0.15) is 24.2 Å². The molecule has 0 saturated carbocycles. The van der Waals surface area contributed by atoms with Crippen LogP contribution in [-0.2, 0) is 0 Å². The molecule has 1 rings (SSSR count). The van der Waals surface area contributed by atoms with Gasteiger partial charge in [-0.2, -0.15) is 0 Å². The molecule has 0 heterocycles. The molecule has 0 unspecified atom stereocenters. The van der Waals surface area contributed by atoms with Gasteiger partial charge < -0.3 is 5.32 Å². The van der Waals surface area contributed by atoms with Gasteiger partial charge in [0.1, 0.15) is 0 Å². The number of hydrogen-bond acceptors (Lipinski definition) is 1. The summed E-state index contributed by atoms with van der Waals surface area (Å²) in [6, 6.07) is 2.89. The maximum Gasteiger partial charge on any atom is 0.255 e. The quantitative estimate of drug-likeness (QED) is 0.832. The number of carbonyl (C=O) groups excluding carboxylic acids is 1. The summed E-state index contributed by atoms with van der Waals surface area (Å²) in [5.41, 5.74) is -0.0591. The van der Waals surface area contributed by atoms with Gasteiger partial charge in [0, 0.05) is 10.5 Å². The molecule has 0 saturated heterocycles. The van der Waals surface area contributed by atoms with Crippen LogP contribution in [0, 0.1) is 5.82 Å². The Hall–Kier alpha value is -0.610. The summed E-state index contributed by atoms with van der Waals surface area (Å²) >= 11 is 8.70. The SMILES string of the molecule is CC(C)NC(=O)c1c(Br)ccc(Cl)c1F. The number of halogens is 3. The van der Waals surface area contributed by atoms with Gasteiger partial charge in [-0.25, -0.2) is 4.39 Å². The Morgan fingerprint density at radius 1 is 1.53 bits per heavy atom. The van der Waals surface area contributed by atoms with Crippen molar-refractivity contribution in [3.63, 3.8) is 0 Å². The van der Waals surface area contributed by atoms with E-state index in [0.717, 1.165) is 0 Å². The van der Waals surface area contributed by atoms with E-state index in [0.29, 0.717) is 4.47 Å². The number of nitrogens with one attached hydrogen (secondary N) is 1. The van der Waals surface area contributed by atoms with E-state index in [1.54, 1.807) is 19.9 Å². The first-order valence-electron chi connectivity index (χ1n) is 4.38. The molecule has 2 nitrogen and oxygen atoms in total. The summed E-state index contributed by atoms with van der Waals surface area (Å²) in [6.07, 6.45) is 0. The summed E-state index contributed by atoms with van der Waals surface area (Å²) in [7, 11) is 0. The van der Waals surface area contributed by atoms with Crippen LogP contribution in [0.25, 0.3) is 0 Å². The fraction of sp³-hybridized carbons (Fsp3) is 0.300. The highest BCUT2D eigenvalue weighted by molar-refractivity contribution is 9.10. The molecular weight excluding hydrogens is 284 g/mol. The van der Waals surface area contributed by atoms with Gasteiger partial charge in [0.2, 0.25) is 0 Å².